The highest BCUT2D eigenvalue weighted by Gasteiger charge is 2.30. The molecule has 3 heterocycles. The number of fused-ring (bicyclic) bond motifs is 3. The first-order chi connectivity index (χ1) is 16.3. The Balaban J connectivity index is 1.68. The summed E-state index contributed by atoms with van der Waals surface area (Å²) in [6, 6.07) is 12.8. The lowest BCUT2D eigenvalue weighted by Gasteiger charge is -2.33. The summed E-state index contributed by atoms with van der Waals surface area (Å²) in [4.78, 5) is 33.6. The fraction of sp³-hybridized carbons (Fsp3) is 0.292. The molecule has 10 heteroatoms. The van der Waals surface area contributed by atoms with Crippen LogP contribution in [0.4, 0.5) is 11.6 Å². The van der Waals surface area contributed by atoms with E-state index in [0.717, 1.165) is 18.0 Å². The van der Waals surface area contributed by atoms with Crippen molar-refractivity contribution in [2.45, 2.75) is 20.0 Å². The largest absolute Gasteiger partial charge is 0.497 e. The van der Waals surface area contributed by atoms with Gasteiger partial charge in [-0.25, -0.2) is 4.79 Å². The van der Waals surface area contributed by atoms with Crippen molar-refractivity contribution in [2.75, 3.05) is 18.6 Å². The molecule has 8 nitrogen and oxygen atoms in total. The van der Waals surface area contributed by atoms with Crippen LogP contribution < -0.4 is 20.9 Å². The van der Waals surface area contributed by atoms with Crippen LogP contribution in [-0.2, 0) is 20.1 Å². The molecule has 0 spiro atoms. The number of ether oxygens (including phenoxy) is 1. The normalized spacial score (nSPS) is 15.6. The SMILES string of the molecule is COc1ccc(N2CC(C)Cn3c2nc2c3c(=O)n(Cc3ccc(Cl)c(Cl)c3)c(=O)n2C)cc1. The summed E-state index contributed by atoms with van der Waals surface area (Å²) in [7, 11) is 3.26. The molecule has 0 aliphatic carbocycles. The lowest BCUT2D eigenvalue weighted by atomic mass is 10.1. The summed E-state index contributed by atoms with van der Waals surface area (Å²) >= 11 is 12.2. The summed E-state index contributed by atoms with van der Waals surface area (Å²) in [5.74, 6) is 1.65. The maximum Gasteiger partial charge on any atom is 0.332 e. The molecule has 1 unspecified atom stereocenters. The third kappa shape index (κ3) is 3.67. The lowest BCUT2D eigenvalue weighted by molar-refractivity contribution is 0.414. The minimum absolute atomic E-state index is 0.0800. The predicted molar refractivity (Wildman–Crippen MR) is 134 cm³/mol. The van der Waals surface area contributed by atoms with E-state index in [-0.39, 0.29) is 18.0 Å². The molecule has 176 valence electrons. The van der Waals surface area contributed by atoms with Crippen LogP contribution in [0.1, 0.15) is 12.5 Å². The van der Waals surface area contributed by atoms with Gasteiger partial charge in [-0.15, -0.1) is 0 Å². The van der Waals surface area contributed by atoms with E-state index < -0.39 is 5.69 Å². The topological polar surface area (TPSA) is 74.3 Å². The molecule has 0 N–H and O–H groups in total. The van der Waals surface area contributed by atoms with Gasteiger partial charge in [0.05, 0.1) is 23.7 Å². The molecule has 34 heavy (non-hydrogen) atoms. The first-order valence-corrected chi connectivity index (χ1v) is 11.6. The van der Waals surface area contributed by atoms with Gasteiger partial charge >= 0.3 is 5.69 Å². The van der Waals surface area contributed by atoms with E-state index in [0.29, 0.717) is 39.3 Å². The number of hydrogen-bond donors (Lipinski definition) is 0. The molecule has 2 aromatic heterocycles. The zero-order valence-corrected chi connectivity index (χ0v) is 20.5. The van der Waals surface area contributed by atoms with Crippen molar-refractivity contribution < 1.29 is 4.74 Å². The van der Waals surface area contributed by atoms with Gasteiger partial charge in [0, 0.05) is 25.8 Å². The third-order valence-corrected chi connectivity index (χ3v) is 6.89. The fourth-order valence-electron chi connectivity index (χ4n) is 4.44. The Morgan fingerprint density at radius 1 is 1.06 bits per heavy atom. The van der Waals surface area contributed by atoms with Crippen LogP contribution in [-0.4, -0.2) is 32.3 Å². The summed E-state index contributed by atoms with van der Waals surface area (Å²) in [6.07, 6.45) is 0. The second kappa shape index (κ2) is 8.52. The number of aromatic nitrogens is 4. The van der Waals surface area contributed by atoms with Crippen molar-refractivity contribution in [1.29, 1.82) is 0 Å². The summed E-state index contributed by atoms with van der Waals surface area (Å²) in [5.41, 5.74) is 1.59. The van der Waals surface area contributed by atoms with Crippen molar-refractivity contribution in [2.24, 2.45) is 13.0 Å². The van der Waals surface area contributed by atoms with E-state index in [2.05, 4.69) is 11.8 Å². The van der Waals surface area contributed by atoms with Gasteiger partial charge in [0.2, 0.25) is 5.95 Å². The summed E-state index contributed by atoms with van der Waals surface area (Å²) < 4.78 is 9.84. The Morgan fingerprint density at radius 3 is 2.47 bits per heavy atom. The Kier molecular flexibility index (Phi) is 5.65. The second-order valence-corrected chi connectivity index (χ2v) is 9.40. The molecule has 1 aliphatic heterocycles. The van der Waals surface area contributed by atoms with Crippen LogP contribution in [0.15, 0.2) is 52.1 Å². The fourth-order valence-corrected chi connectivity index (χ4v) is 4.77. The quantitative estimate of drug-likeness (QED) is 0.423. The van der Waals surface area contributed by atoms with Gasteiger partial charge in [-0.2, -0.15) is 4.98 Å². The molecule has 4 aromatic rings. The average Bonchev–Trinajstić information content (AvgIpc) is 3.22. The monoisotopic (exact) mass is 499 g/mol. The number of imidazole rings is 1. The average molecular weight is 500 g/mol. The molecular weight excluding hydrogens is 477 g/mol. The molecule has 0 radical (unpaired) electrons. The van der Waals surface area contributed by atoms with Crippen LogP contribution >= 0.6 is 23.2 Å². The number of hydrogen-bond acceptors (Lipinski definition) is 5. The first-order valence-electron chi connectivity index (χ1n) is 10.8. The minimum atomic E-state index is -0.442. The van der Waals surface area contributed by atoms with Gasteiger partial charge in [0.15, 0.2) is 11.2 Å². The van der Waals surface area contributed by atoms with E-state index in [4.69, 9.17) is 32.9 Å². The molecule has 1 aliphatic rings. The van der Waals surface area contributed by atoms with Gasteiger partial charge in [-0.05, 0) is 47.9 Å². The maximum absolute atomic E-state index is 13.6. The van der Waals surface area contributed by atoms with Crippen molar-refractivity contribution in [1.82, 2.24) is 18.7 Å². The number of benzene rings is 2. The van der Waals surface area contributed by atoms with E-state index in [1.807, 2.05) is 28.8 Å². The van der Waals surface area contributed by atoms with Crippen LogP contribution in [0, 0.1) is 5.92 Å². The molecule has 0 fully saturated rings. The van der Waals surface area contributed by atoms with Crippen molar-refractivity contribution >= 4 is 46.0 Å². The number of methoxy groups -OCH3 is 1. The molecule has 0 amide bonds. The minimum Gasteiger partial charge on any atom is -0.497 e. The van der Waals surface area contributed by atoms with Crippen LogP contribution in [0.3, 0.4) is 0 Å². The highest BCUT2D eigenvalue weighted by molar-refractivity contribution is 6.42. The number of nitrogens with zero attached hydrogens (tertiary/aromatic N) is 5. The van der Waals surface area contributed by atoms with Gasteiger partial charge < -0.3 is 14.2 Å². The smallest absolute Gasteiger partial charge is 0.332 e. The van der Waals surface area contributed by atoms with Crippen LogP contribution in [0.25, 0.3) is 11.2 Å². The first kappa shape index (κ1) is 22.6. The van der Waals surface area contributed by atoms with Gasteiger partial charge in [0.1, 0.15) is 5.75 Å². The summed E-state index contributed by atoms with van der Waals surface area (Å²) in [5, 5.41) is 0.786. The zero-order valence-electron chi connectivity index (χ0n) is 19.0. The predicted octanol–water partition coefficient (Wildman–Crippen LogP) is 4.05. The molecule has 0 bridgehead atoms. The van der Waals surface area contributed by atoms with Crippen LogP contribution in [0.2, 0.25) is 10.0 Å². The van der Waals surface area contributed by atoms with Gasteiger partial charge in [-0.1, -0.05) is 36.2 Å². The lowest BCUT2D eigenvalue weighted by Crippen LogP contribution is -2.40. The molecule has 1 atom stereocenters. The van der Waals surface area contributed by atoms with Gasteiger partial charge in [0.25, 0.3) is 5.56 Å². The van der Waals surface area contributed by atoms with E-state index in [1.165, 1.54) is 9.13 Å². The Morgan fingerprint density at radius 2 is 1.79 bits per heavy atom. The number of halogens is 2. The molecule has 0 saturated heterocycles. The zero-order chi connectivity index (χ0) is 24.1. The molecule has 0 saturated carbocycles. The maximum atomic E-state index is 13.6. The van der Waals surface area contributed by atoms with Crippen LogP contribution in [0.5, 0.6) is 5.75 Å². The summed E-state index contributed by atoms with van der Waals surface area (Å²) in [6.45, 7) is 3.57. The number of rotatable bonds is 4. The highest BCUT2D eigenvalue weighted by atomic mass is 35.5. The standard InChI is InChI=1S/C24H23Cl2N5O3/c1-14-11-29(16-5-7-17(34-3)8-6-16)23-27-21-20(30(23)12-14)22(32)31(24(33)28(21)2)13-15-4-9-18(25)19(26)10-15/h4-10,14H,11-13H2,1-3H3. The molecule has 2 aromatic carbocycles. The third-order valence-electron chi connectivity index (χ3n) is 6.15. The second-order valence-electron chi connectivity index (χ2n) is 8.59. The van der Waals surface area contributed by atoms with Crippen molar-refractivity contribution in [3.8, 4) is 5.75 Å². The Bertz CT molecular complexity index is 1520. The number of anilines is 2. The molecule has 5 rings (SSSR count). The Hall–Kier alpha value is -3.23. The molecular formula is C24H23Cl2N5O3. The van der Waals surface area contributed by atoms with Crippen molar-refractivity contribution in [3.63, 3.8) is 0 Å². The Labute approximate surface area is 205 Å². The highest BCUT2D eigenvalue weighted by Crippen LogP contribution is 2.33. The number of aryl methyl sites for hydroxylation is 1. The van der Waals surface area contributed by atoms with E-state index in [9.17, 15) is 9.59 Å². The van der Waals surface area contributed by atoms with E-state index >= 15 is 0 Å². The van der Waals surface area contributed by atoms with Crippen molar-refractivity contribution in [3.05, 3.63) is 78.9 Å². The van der Waals surface area contributed by atoms with E-state index in [1.54, 1.807) is 32.4 Å². The van der Waals surface area contributed by atoms with Gasteiger partial charge in [-0.3, -0.25) is 13.9 Å².